The molecule has 0 aliphatic carbocycles. The van der Waals surface area contributed by atoms with Crippen LogP contribution in [0.2, 0.25) is 5.02 Å². The van der Waals surface area contributed by atoms with E-state index >= 15 is 0 Å². The molecule has 0 saturated heterocycles. The molecule has 0 spiro atoms. The summed E-state index contributed by atoms with van der Waals surface area (Å²) in [5.74, 6) is -5.12. The summed E-state index contributed by atoms with van der Waals surface area (Å²) in [6.07, 6.45) is 0. The van der Waals surface area contributed by atoms with E-state index in [1.54, 1.807) is 6.92 Å². The average Bonchev–Trinajstić information content (AvgIpc) is 3.02. The fourth-order valence-corrected chi connectivity index (χ4v) is 5.43. The van der Waals surface area contributed by atoms with E-state index < -0.39 is 52.8 Å². The molecule has 1 aliphatic heterocycles. The van der Waals surface area contributed by atoms with Crippen LogP contribution in [0.4, 0.5) is 23.2 Å². The van der Waals surface area contributed by atoms with Crippen molar-refractivity contribution in [3.8, 4) is 0 Å². The maximum absolute atomic E-state index is 14.5. The van der Waals surface area contributed by atoms with Gasteiger partial charge in [-0.15, -0.1) is 0 Å². The number of carbonyl (C=O) groups excluding carboxylic acids is 2. The quantitative estimate of drug-likeness (QED) is 0.275. The number of benzene rings is 3. The molecule has 0 radical (unpaired) electrons. The average molecular weight is 633 g/mol. The Balaban J connectivity index is 1.71. The van der Waals surface area contributed by atoms with Crippen LogP contribution >= 0.6 is 34.2 Å². The number of amides is 2. The Kier molecular flexibility index (Phi) is 7.31. The Morgan fingerprint density at radius 3 is 2.36 bits per heavy atom. The van der Waals surface area contributed by atoms with Gasteiger partial charge in [-0.1, -0.05) is 17.7 Å². The molecule has 1 atom stereocenters. The molecule has 5 nitrogen and oxygen atoms in total. The molecule has 1 unspecified atom stereocenters. The zero-order valence-electron chi connectivity index (χ0n) is 18.9. The predicted molar refractivity (Wildman–Crippen MR) is 134 cm³/mol. The van der Waals surface area contributed by atoms with Crippen LogP contribution < -0.4 is 10.2 Å². The first-order valence-electron chi connectivity index (χ1n) is 10.5. The summed E-state index contributed by atoms with van der Waals surface area (Å²) in [5.41, 5.74) is -0.947. The number of carbonyl (C=O) groups is 2. The van der Waals surface area contributed by atoms with E-state index in [2.05, 4.69) is 5.32 Å². The van der Waals surface area contributed by atoms with Crippen molar-refractivity contribution in [3.63, 3.8) is 0 Å². The summed E-state index contributed by atoms with van der Waals surface area (Å²) >= 11 is 8.13. The smallest absolute Gasteiger partial charge is 0.264 e. The number of fused-ring (bicyclic) bond motifs is 1. The summed E-state index contributed by atoms with van der Waals surface area (Å²) in [6, 6.07) is 8.12. The van der Waals surface area contributed by atoms with Crippen molar-refractivity contribution in [2.24, 2.45) is 0 Å². The van der Waals surface area contributed by atoms with E-state index in [4.69, 9.17) is 16.3 Å². The summed E-state index contributed by atoms with van der Waals surface area (Å²) in [4.78, 5) is 27.6. The normalized spacial score (nSPS) is 16.9. The fourth-order valence-electron chi connectivity index (χ4n) is 4.08. The molecule has 0 aromatic heterocycles. The van der Waals surface area contributed by atoms with Crippen LogP contribution in [0.5, 0.6) is 0 Å². The van der Waals surface area contributed by atoms with Gasteiger partial charge in [-0.2, -0.15) is 0 Å². The highest BCUT2D eigenvalue weighted by atomic mass is 127. The van der Waals surface area contributed by atoms with Gasteiger partial charge in [0, 0.05) is 56.6 Å². The summed E-state index contributed by atoms with van der Waals surface area (Å²) in [7, 11) is 1.36. The molecule has 188 valence electrons. The van der Waals surface area contributed by atoms with E-state index in [1.165, 1.54) is 42.3 Å². The molecule has 1 N–H and O–H groups in total. The van der Waals surface area contributed by atoms with Crippen LogP contribution in [0.3, 0.4) is 0 Å². The van der Waals surface area contributed by atoms with Crippen molar-refractivity contribution in [3.05, 3.63) is 96.6 Å². The van der Waals surface area contributed by atoms with Crippen molar-refractivity contribution in [1.82, 2.24) is 5.32 Å². The van der Waals surface area contributed by atoms with E-state index in [-0.39, 0.29) is 22.7 Å². The van der Waals surface area contributed by atoms with Crippen molar-refractivity contribution in [1.29, 1.82) is 0 Å². The Morgan fingerprint density at radius 2 is 1.75 bits per heavy atom. The molecule has 3 aromatic carbocycles. The van der Waals surface area contributed by atoms with Gasteiger partial charge >= 0.3 is 0 Å². The first-order chi connectivity index (χ1) is 17.0. The number of anilines is 1. The second-order valence-electron chi connectivity index (χ2n) is 8.21. The first-order valence-corrected chi connectivity index (χ1v) is 12.0. The molecule has 0 saturated carbocycles. The minimum absolute atomic E-state index is 0.0823. The van der Waals surface area contributed by atoms with Crippen molar-refractivity contribution in [2.75, 3.05) is 12.0 Å². The third-order valence-corrected chi connectivity index (χ3v) is 7.28. The van der Waals surface area contributed by atoms with Crippen LogP contribution in [-0.4, -0.2) is 18.9 Å². The monoisotopic (exact) mass is 632 g/mol. The van der Waals surface area contributed by atoms with E-state index in [0.717, 1.165) is 0 Å². The van der Waals surface area contributed by atoms with Gasteiger partial charge in [0.05, 0.1) is 12.2 Å². The predicted octanol–water partition coefficient (Wildman–Crippen LogP) is 5.84. The Bertz CT molecular complexity index is 1360. The van der Waals surface area contributed by atoms with Crippen molar-refractivity contribution < 1.29 is 31.9 Å². The number of hydrogen-bond acceptors (Lipinski definition) is 3. The Morgan fingerprint density at radius 1 is 1.08 bits per heavy atom. The molecular weight excluding hydrogens is 615 g/mol. The van der Waals surface area contributed by atoms with Crippen molar-refractivity contribution >= 4 is 51.7 Å². The summed E-state index contributed by atoms with van der Waals surface area (Å²) in [5, 5.41) is 2.53. The van der Waals surface area contributed by atoms with Crippen LogP contribution in [0.1, 0.15) is 34.0 Å². The van der Waals surface area contributed by atoms with E-state index in [9.17, 15) is 27.2 Å². The highest BCUT2D eigenvalue weighted by molar-refractivity contribution is 14.1. The molecule has 11 heteroatoms. The summed E-state index contributed by atoms with van der Waals surface area (Å²) < 4.78 is 61.7. The van der Waals surface area contributed by atoms with Gasteiger partial charge in [0.25, 0.3) is 11.8 Å². The standard InChI is InChI=1S/C25H18ClF4IN2O3/c1-25(36-2)22-20(31)6-12(23(34)32-10-14-18(29)8-13(27)9-19(14)30)7-21(22)33(24(25)35)11-15-16(26)4-3-5-17(15)28/h3-9H,10-11H2,1-2H3,(H,32,34). The third kappa shape index (κ3) is 4.57. The second-order valence-corrected chi connectivity index (χ2v) is 9.78. The van der Waals surface area contributed by atoms with E-state index in [1.807, 2.05) is 22.6 Å². The largest absolute Gasteiger partial charge is 0.364 e. The molecule has 2 amide bonds. The topological polar surface area (TPSA) is 58.6 Å². The lowest BCUT2D eigenvalue weighted by atomic mass is 9.96. The number of hydrogen-bond donors (Lipinski definition) is 1. The van der Waals surface area contributed by atoms with Gasteiger partial charge in [0.2, 0.25) is 0 Å². The SMILES string of the molecule is COC1(C)C(=O)N(Cc2c(F)cccc2Cl)c2cc(C(=O)NCc3c(F)cc(F)cc3F)cc(I)c21. The molecule has 1 heterocycles. The van der Waals surface area contributed by atoms with Crippen LogP contribution in [-0.2, 0) is 28.2 Å². The van der Waals surface area contributed by atoms with Gasteiger partial charge in [-0.25, -0.2) is 17.6 Å². The molecule has 0 fully saturated rings. The molecule has 0 bridgehead atoms. The minimum Gasteiger partial charge on any atom is -0.364 e. The van der Waals surface area contributed by atoms with Crippen molar-refractivity contribution in [2.45, 2.75) is 25.6 Å². The maximum atomic E-state index is 14.5. The number of nitrogens with one attached hydrogen (secondary N) is 1. The molecule has 36 heavy (non-hydrogen) atoms. The summed E-state index contributed by atoms with van der Waals surface area (Å²) in [6.45, 7) is 0.816. The lowest BCUT2D eigenvalue weighted by Gasteiger charge is -2.23. The molecule has 3 aromatic rings. The molecule has 1 aliphatic rings. The molecular formula is C25H18ClF4IN2O3. The van der Waals surface area contributed by atoms with Crippen LogP contribution in [0.15, 0.2) is 42.5 Å². The Hall–Kier alpha value is -2.70. The molecule has 4 rings (SSSR count). The number of rotatable bonds is 6. The number of methoxy groups -OCH3 is 1. The van der Waals surface area contributed by atoms with Gasteiger partial charge in [-0.3, -0.25) is 9.59 Å². The number of halogens is 6. The maximum Gasteiger partial charge on any atom is 0.264 e. The zero-order chi connectivity index (χ0) is 26.4. The Labute approximate surface area is 222 Å². The van der Waals surface area contributed by atoms with Gasteiger partial charge in [0.1, 0.15) is 23.3 Å². The lowest BCUT2D eigenvalue weighted by Crippen LogP contribution is -2.39. The fraction of sp³-hybridized carbons (Fsp3) is 0.200. The highest BCUT2D eigenvalue weighted by Crippen LogP contribution is 2.46. The second kappa shape index (κ2) is 9.98. The van der Waals surface area contributed by atoms with Gasteiger partial charge in [0.15, 0.2) is 5.60 Å². The van der Waals surface area contributed by atoms with Gasteiger partial charge < -0.3 is 15.0 Å². The first kappa shape index (κ1) is 26.4. The number of nitrogens with zero attached hydrogens (tertiary/aromatic N) is 1. The lowest BCUT2D eigenvalue weighted by molar-refractivity contribution is -0.137. The number of ether oxygens (including phenoxy) is 1. The van der Waals surface area contributed by atoms with Gasteiger partial charge in [-0.05, 0) is 53.8 Å². The zero-order valence-corrected chi connectivity index (χ0v) is 21.8. The third-order valence-electron chi connectivity index (χ3n) is 6.07. The van der Waals surface area contributed by atoms with Crippen LogP contribution in [0.25, 0.3) is 0 Å². The van der Waals surface area contributed by atoms with E-state index in [0.29, 0.717) is 27.0 Å². The minimum atomic E-state index is -1.40. The highest BCUT2D eigenvalue weighted by Gasteiger charge is 2.50. The van der Waals surface area contributed by atoms with Crippen LogP contribution in [0, 0.1) is 26.8 Å².